The molecule has 0 spiro atoms. The Balaban J connectivity index is 1.52. The monoisotopic (exact) mass is 466 g/mol. The number of hydrogen-bond acceptors (Lipinski definition) is 6. The average Bonchev–Trinajstić information content (AvgIpc) is 3.36. The minimum atomic E-state index is -0.379. The number of halogens is 1. The molecule has 1 fully saturated rings. The third-order valence-corrected chi connectivity index (χ3v) is 5.95. The predicted octanol–water partition coefficient (Wildman–Crippen LogP) is 6.01. The fourth-order valence-corrected chi connectivity index (χ4v) is 4.07. The van der Waals surface area contributed by atoms with Crippen molar-refractivity contribution in [2.75, 3.05) is 13.7 Å². The average molecular weight is 467 g/mol. The molecular weight excluding hydrogens is 448 g/mol. The van der Waals surface area contributed by atoms with Gasteiger partial charge in [0.1, 0.15) is 11.5 Å². The van der Waals surface area contributed by atoms with Crippen LogP contribution in [-0.2, 0) is 9.53 Å². The lowest BCUT2D eigenvalue weighted by atomic mass is 10.2. The molecule has 0 unspecified atom stereocenters. The SMILES string of the molecule is CCOC(=O)c1ccc(N=C2SC(=Cc3ccc(-c4ccc(Cl)cc4)o3)C(=O)N2C)cc1. The van der Waals surface area contributed by atoms with Crippen molar-refractivity contribution in [3.8, 4) is 11.3 Å². The van der Waals surface area contributed by atoms with E-state index in [9.17, 15) is 9.59 Å². The number of rotatable bonds is 5. The third-order valence-electron chi connectivity index (χ3n) is 4.64. The Labute approximate surface area is 194 Å². The number of aliphatic imine (C=N–C) groups is 1. The van der Waals surface area contributed by atoms with Gasteiger partial charge in [0.05, 0.1) is 22.8 Å². The zero-order valence-electron chi connectivity index (χ0n) is 17.4. The normalized spacial score (nSPS) is 16.2. The second-order valence-corrected chi connectivity index (χ2v) is 8.29. The summed E-state index contributed by atoms with van der Waals surface area (Å²) in [6.45, 7) is 2.08. The summed E-state index contributed by atoms with van der Waals surface area (Å²) in [5.74, 6) is 0.712. The molecule has 4 rings (SSSR count). The summed E-state index contributed by atoms with van der Waals surface area (Å²) in [5, 5.41) is 1.19. The number of thioether (sulfide) groups is 1. The molecule has 1 saturated heterocycles. The Kier molecular flexibility index (Phi) is 6.48. The van der Waals surface area contributed by atoms with Crippen molar-refractivity contribution < 1.29 is 18.7 Å². The maximum absolute atomic E-state index is 12.7. The van der Waals surface area contributed by atoms with Gasteiger partial charge in [-0.15, -0.1) is 0 Å². The molecule has 162 valence electrons. The highest BCUT2D eigenvalue weighted by atomic mass is 35.5. The first-order chi connectivity index (χ1) is 15.4. The van der Waals surface area contributed by atoms with Crippen LogP contribution in [0.1, 0.15) is 23.0 Å². The lowest BCUT2D eigenvalue weighted by Gasteiger charge is -2.07. The van der Waals surface area contributed by atoms with Gasteiger partial charge in [-0.2, -0.15) is 0 Å². The maximum Gasteiger partial charge on any atom is 0.338 e. The van der Waals surface area contributed by atoms with Gasteiger partial charge in [-0.1, -0.05) is 11.6 Å². The molecule has 0 N–H and O–H groups in total. The topological polar surface area (TPSA) is 72.1 Å². The van der Waals surface area contributed by atoms with Gasteiger partial charge in [0, 0.05) is 23.7 Å². The standard InChI is InChI=1S/C24H19ClN2O4S/c1-3-30-23(29)16-6-10-18(11-7-16)26-24-27(2)22(28)21(32-24)14-19-12-13-20(31-19)15-4-8-17(25)9-5-15/h4-14H,3H2,1-2H3. The first-order valence-corrected chi connectivity index (χ1v) is 11.0. The second kappa shape index (κ2) is 9.46. The van der Waals surface area contributed by atoms with Gasteiger partial charge in [0.25, 0.3) is 5.91 Å². The molecule has 32 heavy (non-hydrogen) atoms. The van der Waals surface area contributed by atoms with Crippen LogP contribution in [0.25, 0.3) is 17.4 Å². The number of likely N-dealkylation sites (N-methyl/N-ethyl adjacent to an activating group) is 1. The highest BCUT2D eigenvalue weighted by Crippen LogP contribution is 2.34. The largest absolute Gasteiger partial charge is 0.462 e. The number of esters is 1. The van der Waals surface area contributed by atoms with E-state index in [0.29, 0.717) is 44.5 Å². The molecule has 8 heteroatoms. The van der Waals surface area contributed by atoms with Crippen LogP contribution in [0, 0.1) is 0 Å². The number of hydrogen-bond donors (Lipinski definition) is 0. The van der Waals surface area contributed by atoms with Crippen LogP contribution < -0.4 is 0 Å². The van der Waals surface area contributed by atoms with Gasteiger partial charge in [0.15, 0.2) is 5.17 Å². The van der Waals surface area contributed by atoms with E-state index in [1.807, 2.05) is 24.3 Å². The van der Waals surface area contributed by atoms with E-state index < -0.39 is 0 Å². The molecule has 3 aromatic rings. The van der Waals surface area contributed by atoms with Crippen LogP contribution in [0.5, 0.6) is 0 Å². The van der Waals surface area contributed by atoms with E-state index >= 15 is 0 Å². The number of amides is 1. The van der Waals surface area contributed by atoms with Gasteiger partial charge in [-0.05, 0) is 79.3 Å². The van der Waals surface area contributed by atoms with E-state index in [2.05, 4.69) is 4.99 Å². The van der Waals surface area contributed by atoms with Crippen LogP contribution in [0.2, 0.25) is 5.02 Å². The van der Waals surface area contributed by atoms with Crippen molar-refractivity contribution in [2.45, 2.75) is 6.92 Å². The summed E-state index contributed by atoms with van der Waals surface area (Å²) in [7, 11) is 1.67. The number of carbonyl (C=O) groups excluding carboxylic acids is 2. The van der Waals surface area contributed by atoms with Crippen LogP contribution >= 0.6 is 23.4 Å². The number of ether oxygens (including phenoxy) is 1. The van der Waals surface area contributed by atoms with Gasteiger partial charge in [-0.25, -0.2) is 9.79 Å². The molecule has 1 amide bonds. The van der Waals surface area contributed by atoms with Crippen LogP contribution in [-0.4, -0.2) is 35.6 Å². The van der Waals surface area contributed by atoms with Gasteiger partial charge in [-0.3, -0.25) is 9.69 Å². The van der Waals surface area contributed by atoms with E-state index in [-0.39, 0.29) is 11.9 Å². The molecule has 1 aliphatic rings. The molecule has 1 aliphatic heterocycles. The summed E-state index contributed by atoms with van der Waals surface area (Å²) in [5.41, 5.74) is 1.98. The lowest BCUT2D eigenvalue weighted by Crippen LogP contribution is -2.23. The summed E-state index contributed by atoms with van der Waals surface area (Å²) < 4.78 is 10.9. The van der Waals surface area contributed by atoms with Gasteiger partial charge < -0.3 is 9.15 Å². The zero-order valence-corrected chi connectivity index (χ0v) is 18.9. The molecule has 0 atom stereocenters. The third kappa shape index (κ3) is 4.79. The van der Waals surface area contributed by atoms with Gasteiger partial charge >= 0.3 is 5.97 Å². The van der Waals surface area contributed by atoms with Crippen molar-refractivity contribution in [1.29, 1.82) is 0 Å². The van der Waals surface area contributed by atoms with Crippen molar-refractivity contribution >= 4 is 52.2 Å². The number of amidine groups is 1. The van der Waals surface area contributed by atoms with Crippen molar-refractivity contribution in [3.63, 3.8) is 0 Å². The lowest BCUT2D eigenvalue weighted by molar-refractivity contribution is -0.121. The summed E-state index contributed by atoms with van der Waals surface area (Å²) in [4.78, 5) is 31.0. The van der Waals surface area contributed by atoms with Crippen LogP contribution in [0.3, 0.4) is 0 Å². The number of furan rings is 1. The second-order valence-electron chi connectivity index (χ2n) is 6.85. The molecule has 1 aromatic heterocycles. The van der Waals surface area contributed by atoms with E-state index in [1.54, 1.807) is 56.4 Å². The van der Waals surface area contributed by atoms with Crippen molar-refractivity contribution in [3.05, 3.63) is 81.9 Å². The quantitative estimate of drug-likeness (QED) is 0.340. The Morgan fingerprint density at radius 2 is 1.84 bits per heavy atom. The highest BCUT2D eigenvalue weighted by molar-refractivity contribution is 8.18. The minimum Gasteiger partial charge on any atom is -0.462 e. The maximum atomic E-state index is 12.7. The molecular formula is C24H19ClN2O4S. The number of carbonyl (C=O) groups is 2. The van der Waals surface area contributed by atoms with E-state index in [0.717, 1.165) is 5.56 Å². The Morgan fingerprint density at radius 3 is 2.53 bits per heavy atom. The Hall–Kier alpha value is -3.29. The van der Waals surface area contributed by atoms with Gasteiger partial charge in [0.2, 0.25) is 0 Å². The molecule has 0 saturated carbocycles. The van der Waals surface area contributed by atoms with Crippen LogP contribution in [0.15, 0.2) is 75.0 Å². The molecule has 2 aromatic carbocycles. The van der Waals surface area contributed by atoms with Crippen molar-refractivity contribution in [1.82, 2.24) is 4.90 Å². The first kappa shape index (κ1) is 21.9. The van der Waals surface area contributed by atoms with Crippen LogP contribution in [0.4, 0.5) is 5.69 Å². The summed E-state index contributed by atoms with van der Waals surface area (Å²) in [6.07, 6.45) is 1.70. The number of nitrogens with zero attached hydrogens (tertiary/aromatic N) is 2. The first-order valence-electron chi connectivity index (χ1n) is 9.84. The molecule has 0 bridgehead atoms. The smallest absolute Gasteiger partial charge is 0.338 e. The number of benzene rings is 2. The zero-order chi connectivity index (χ0) is 22.7. The highest BCUT2D eigenvalue weighted by Gasteiger charge is 2.30. The Morgan fingerprint density at radius 1 is 1.12 bits per heavy atom. The fourth-order valence-electron chi connectivity index (χ4n) is 2.98. The summed E-state index contributed by atoms with van der Waals surface area (Å²) >= 11 is 7.20. The van der Waals surface area contributed by atoms with Crippen molar-refractivity contribution in [2.24, 2.45) is 4.99 Å². The van der Waals surface area contributed by atoms with E-state index in [4.69, 9.17) is 20.8 Å². The molecule has 6 nitrogen and oxygen atoms in total. The molecule has 2 heterocycles. The fraction of sp³-hybridized carbons (Fsp3) is 0.125. The molecule has 0 radical (unpaired) electrons. The Bertz CT molecular complexity index is 1210. The predicted molar refractivity (Wildman–Crippen MR) is 127 cm³/mol. The molecule has 0 aliphatic carbocycles. The minimum absolute atomic E-state index is 0.165. The van der Waals surface area contributed by atoms with E-state index in [1.165, 1.54) is 16.7 Å². The summed E-state index contributed by atoms with van der Waals surface area (Å²) in [6, 6.07) is 17.7.